The highest BCUT2D eigenvalue weighted by Crippen LogP contribution is 2.51. The fraction of sp³-hybridized carbons (Fsp3) is 0.533. The molecule has 0 aromatic heterocycles. The Balaban J connectivity index is 0.00000147. The highest BCUT2D eigenvalue weighted by molar-refractivity contribution is 5.97. The first-order valence-corrected chi connectivity index (χ1v) is 6.92. The zero-order chi connectivity index (χ0) is 13.5. The second kappa shape index (κ2) is 5.70. The lowest BCUT2D eigenvalue weighted by molar-refractivity contribution is -0.117. The van der Waals surface area contributed by atoms with Crippen LogP contribution < -0.4 is 10.2 Å². The van der Waals surface area contributed by atoms with E-state index in [2.05, 4.69) is 5.32 Å². The van der Waals surface area contributed by atoms with Gasteiger partial charge >= 0.3 is 0 Å². The van der Waals surface area contributed by atoms with Crippen LogP contribution in [0.3, 0.4) is 0 Å². The molecule has 3 nitrogen and oxygen atoms in total. The fourth-order valence-electron chi connectivity index (χ4n) is 3.66. The SMILES string of the molecule is CNCC(=O)N1CC2(CCCC2)c2c(F)cccc21.Cl. The molecule has 1 heterocycles. The number of hydrogen-bond acceptors (Lipinski definition) is 2. The number of nitrogens with zero attached hydrogens (tertiary/aromatic N) is 1. The highest BCUT2D eigenvalue weighted by atomic mass is 35.5. The van der Waals surface area contributed by atoms with Gasteiger partial charge in [0, 0.05) is 17.5 Å². The van der Waals surface area contributed by atoms with Gasteiger partial charge < -0.3 is 10.2 Å². The van der Waals surface area contributed by atoms with E-state index in [9.17, 15) is 9.18 Å². The van der Waals surface area contributed by atoms with Gasteiger partial charge in [0.25, 0.3) is 0 Å². The third-order valence-electron chi connectivity index (χ3n) is 4.46. The topological polar surface area (TPSA) is 32.3 Å². The maximum atomic E-state index is 14.3. The highest BCUT2D eigenvalue weighted by Gasteiger charge is 2.47. The molecule has 3 rings (SSSR count). The van der Waals surface area contributed by atoms with Crippen molar-refractivity contribution >= 4 is 24.0 Å². The van der Waals surface area contributed by atoms with Crippen LogP contribution in [0.2, 0.25) is 0 Å². The molecular weight excluding hydrogens is 279 g/mol. The number of amides is 1. The van der Waals surface area contributed by atoms with Crippen LogP contribution in [0.5, 0.6) is 0 Å². The van der Waals surface area contributed by atoms with Crippen molar-refractivity contribution in [2.45, 2.75) is 31.1 Å². The Morgan fingerprint density at radius 1 is 1.40 bits per heavy atom. The van der Waals surface area contributed by atoms with Crippen molar-refractivity contribution in [3.63, 3.8) is 0 Å². The molecule has 1 aromatic carbocycles. The second-order valence-corrected chi connectivity index (χ2v) is 5.63. The molecule has 1 amide bonds. The lowest BCUT2D eigenvalue weighted by Gasteiger charge is -2.24. The summed E-state index contributed by atoms with van der Waals surface area (Å²) in [5, 5.41) is 2.88. The van der Waals surface area contributed by atoms with Gasteiger partial charge in [-0.2, -0.15) is 0 Å². The summed E-state index contributed by atoms with van der Waals surface area (Å²) in [5.41, 5.74) is 1.42. The molecule has 1 aliphatic carbocycles. The van der Waals surface area contributed by atoms with Crippen LogP contribution in [0.15, 0.2) is 18.2 Å². The number of benzene rings is 1. The van der Waals surface area contributed by atoms with E-state index in [0.717, 1.165) is 36.9 Å². The predicted molar refractivity (Wildman–Crippen MR) is 80.1 cm³/mol. The minimum atomic E-state index is -0.154. The summed E-state index contributed by atoms with van der Waals surface area (Å²) in [4.78, 5) is 14.0. The van der Waals surface area contributed by atoms with Crippen LogP contribution in [0.1, 0.15) is 31.2 Å². The number of fused-ring (bicyclic) bond motifs is 2. The smallest absolute Gasteiger partial charge is 0.240 e. The summed E-state index contributed by atoms with van der Waals surface area (Å²) in [6, 6.07) is 5.09. The van der Waals surface area contributed by atoms with Crippen LogP contribution in [-0.4, -0.2) is 26.0 Å². The first kappa shape index (κ1) is 15.3. The molecule has 0 atom stereocenters. The maximum absolute atomic E-state index is 14.3. The van der Waals surface area contributed by atoms with E-state index in [1.807, 2.05) is 6.07 Å². The molecule has 1 fully saturated rings. The number of nitrogens with one attached hydrogen (secondary N) is 1. The van der Waals surface area contributed by atoms with E-state index in [-0.39, 0.29) is 29.5 Å². The molecule has 0 bridgehead atoms. The van der Waals surface area contributed by atoms with Gasteiger partial charge in [0.15, 0.2) is 0 Å². The van der Waals surface area contributed by atoms with Crippen LogP contribution in [0.25, 0.3) is 0 Å². The minimum Gasteiger partial charge on any atom is -0.311 e. The number of anilines is 1. The first-order chi connectivity index (χ1) is 9.18. The molecule has 1 aromatic rings. The summed E-state index contributed by atoms with van der Waals surface area (Å²) >= 11 is 0. The third-order valence-corrected chi connectivity index (χ3v) is 4.46. The van der Waals surface area contributed by atoms with Gasteiger partial charge in [-0.05, 0) is 32.0 Å². The predicted octanol–water partition coefficient (Wildman–Crippen LogP) is 2.63. The van der Waals surface area contributed by atoms with Gasteiger partial charge in [-0.1, -0.05) is 18.9 Å². The lowest BCUT2D eigenvalue weighted by atomic mass is 9.80. The number of likely N-dealkylation sites (N-methyl/N-ethyl adjacent to an activating group) is 1. The Bertz CT molecular complexity index is 515. The van der Waals surface area contributed by atoms with Crippen LogP contribution >= 0.6 is 12.4 Å². The number of rotatable bonds is 2. The van der Waals surface area contributed by atoms with E-state index in [0.29, 0.717) is 13.1 Å². The van der Waals surface area contributed by atoms with E-state index in [1.54, 1.807) is 18.0 Å². The summed E-state index contributed by atoms with van der Waals surface area (Å²) in [5.74, 6) is -0.128. The molecule has 1 aliphatic heterocycles. The van der Waals surface area contributed by atoms with E-state index in [4.69, 9.17) is 0 Å². The Kier molecular flexibility index (Phi) is 4.35. The molecule has 1 saturated carbocycles. The number of carbonyl (C=O) groups excluding carboxylic acids is 1. The average Bonchev–Trinajstić information content (AvgIpc) is 2.98. The van der Waals surface area contributed by atoms with Gasteiger partial charge in [-0.15, -0.1) is 12.4 Å². The minimum absolute atomic E-state index is 0. The van der Waals surface area contributed by atoms with Crippen molar-refractivity contribution in [3.8, 4) is 0 Å². The second-order valence-electron chi connectivity index (χ2n) is 5.63. The Labute approximate surface area is 124 Å². The molecule has 2 aliphatic rings. The van der Waals surface area contributed by atoms with Gasteiger partial charge in [-0.3, -0.25) is 4.79 Å². The molecule has 20 heavy (non-hydrogen) atoms. The summed E-state index contributed by atoms with van der Waals surface area (Å²) in [7, 11) is 1.76. The van der Waals surface area contributed by atoms with Crippen molar-refractivity contribution < 1.29 is 9.18 Å². The van der Waals surface area contributed by atoms with E-state index >= 15 is 0 Å². The van der Waals surface area contributed by atoms with Gasteiger partial charge in [0.05, 0.1) is 12.2 Å². The number of hydrogen-bond donors (Lipinski definition) is 1. The van der Waals surface area contributed by atoms with Gasteiger partial charge in [-0.25, -0.2) is 4.39 Å². The van der Waals surface area contributed by atoms with Crippen molar-refractivity contribution in [3.05, 3.63) is 29.6 Å². The quantitative estimate of drug-likeness (QED) is 0.910. The Hall–Kier alpha value is -1.13. The standard InChI is InChI=1S/C15H19FN2O.ClH/c1-17-9-13(19)18-10-15(7-2-3-8-15)14-11(16)5-4-6-12(14)18;/h4-6,17H,2-3,7-10H2,1H3;1H. The molecule has 0 unspecified atom stereocenters. The van der Waals surface area contributed by atoms with Gasteiger partial charge in [0.1, 0.15) is 5.82 Å². The fourth-order valence-corrected chi connectivity index (χ4v) is 3.66. The van der Waals surface area contributed by atoms with Crippen molar-refractivity contribution in [1.29, 1.82) is 0 Å². The third kappa shape index (κ3) is 2.21. The molecule has 0 radical (unpaired) electrons. The molecule has 0 saturated heterocycles. The Morgan fingerprint density at radius 3 is 2.75 bits per heavy atom. The zero-order valence-electron chi connectivity index (χ0n) is 11.6. The summed E-state index contributed by atoms with van der Waals surface area (Å²) < 4.78 is 14.3. The largest absolute Gasteiger partial charge is 0.311 e. The molecule has 1 spiro atoms. The van der Waals surface area contributed by atoms with Crippen molar-refractivity contribution in [2.24, 2.45) is 0 Å². The molecule has 110 valence electrons. The van der Waals surface area contributed by atoms with Crippen LogP contribution in [0, 0.1) is 5.82 Å². The number of carbonyl (C=O) groups is 1. The van der Waals surface area contributed by atoms with E-state index in [1.165, 1.54) is 6.07 Å². The first-order valence-electron chi connectivity index (χ1n) is 6.92. The van der Waals surface area contributed by atoms with Crippen molar-refractivity contribution in [2.75, 3.05) is 25.0 Å². The summed E-state index contributed by atoms with van der Waals surface area (Å²) in [6.07, 6.45) is 4.23. The maximum Gasteiger partial charge on any atom is 0.240 e. The average molecular weight is 299 g/mol. The van der Waals surface area contributed by atoms with Crippen LogP contribution in [-0.2, 0) is 10.2 Å². The lowest BCUT2D eigenvalue weighted by Crippen LogP contribution is -2.39. The summed E-state index contributed by atoms with van der Waals surface area (Å²) in [6.45, 7) is 0.940. The number of halogens is 2. The van der Waals surface area contributed by atoms with Crippen LogP contribution in [0.4, 0.5) is 10.1 Å². The van der Waals surface area contributed by atoms with Crippen molar-refractivity contribution in [1.82, 2.24) is 5.32 Å². The monoisotopic (exact) mass is 298 g/mol. The van der Waals surface area contributed by atoms with Gasteiger partial charge in [0.2, 0.25) is 5.91 Å². The molecular formula is C15H20ClFN2O. The molecule has 1 N–H and O–H groups in total. The Morgan fingerprint density at radius 2 is 2.10 bits per heavy atom. The van der Waals surface area contributed by atoms with E-state index < -0.39 is 0 Å². The zero-order valence-corrected chi connectivity index (χ0v) is 12.4. The normalized spacial score (nSPS) is 19.0. The molecule has 5 heteroatoms.